The van der Waals surface area contributed by atoms with Crippen molar-refractivity contribution in [3.8, 4) is 5.75 Å². The fourth-order valence-electron chi connectivity index (χ4n) is 2.91. The summed E-state index contributed by atoms with van der Waals surface area (Å²) in [6.07, 6.45) is 0. The Kier molecular flexibility index (Phi) is 4.51. The summed E-state index contributed by atoms with van der Waals surface area (Å²) >= 11 is 6.06. The van der Waals surface area contributed by atoms with Gasteiger partial charge in [0.25, 0.3) is 5.56 Å². The highest BCUT2D eigenvalue weighted by atomic mass is 35.5. The molecule has 25 heavy (non-hydrogen) atoms. The zero-order chi connectivity index (χ0) is 18.1. The van der Waals surface area contributed by atoms with Crippen molar-refractivity contribution in [3.05, 3.63) is 74.5 Å². The molecule has 128 valence electrons. The molecule has 1 aromatic heterocycles. The lowest BCUT2D eigenvalue weighted by molar-refractivity contribution is 0.0693. The number of ether oxygens (including phenoxy) is 1. The predicted molar refractivity (Wildman–Crippen MR) is 97.0 cm³/mol. The third kappa shape index (κ3) is 3.10. The number of halogens is 1. The molecule has 0 spiro atoms. The summed E-state index contributed by atoms with van der Waals surface area (Å²) in [5, 5.41) is 10.6. The van der Waals surface area contributed by atoms with Crippen LogP contribution in [0.4, 0.5) is 0 Å². The highest BCUT2D eigenvalue weighted by Gasteiger charge is 2.19. The molecular formula is C19H16ClNO4. The van der Waals surface area contributed by atoms with Gasteiger partial charge >= 0.3 is 5.97 Å². The number of aromatic carboxylic acids is 1. The first-order chi connectivity index (χ1) is 11.9. The number of hydrogen-bond donors (Lipinski definition) is 1. The molecule has 6 heteroatoms. The number of aryl methyl sites for hydroxylation is 1. The SMILES string of the molecule is COc1ccc(Cn2c(=O)c(C(=O)O)c(C)c3cc(Cl)ccc32)cc1. The standard InChI is InChI=1S/C19H16ClNO4/c1-11-15-9-13(20)5-8-16(15)21(18(22)17(11)19(23)24)10-12-3-6-14(25-2)7-4-12/h3-9H,10H2,1-2H3,(H,23,24). The molecule has 0 aliphatic heterocycles. The number of aromatic nitrogens is 1. The zero-order valence-corrected chi connectivity index (χ0v) is 14.5. The summed E-state index contributed by atoms with van der Waals surface area (Å²) in [5.41, 5.74) is 1.16. The molecule has 2 aromatic carbocycles. The van der Waals surface area contributed by atoms with Crippen LogP contribution in [0.15, 0.2) is 47.3 Å². The molecule has 0 unspecified atom stereocenters. The first-order valence-corrected chi connectivity index (χ1v) is 7.99. The average molecular weight is 358 g/mol. The fraction of sp³-hybridized carbons (Fsp3) is 0.158. The van der Waals surface area contributed by atoms with E-state index in [0.717, 1.165) is 5.56 Å². The highest BCUT2D eigenvalue weighted by Crippen LogP contribution is 2.24. The van der Waals surface area contributed by atoms with E-state index in [0.29, 0.717) is 27.2 Å². The fourth-order valence-corrected chi connectivity index (χ4v) is 3.08. The van der Waals surface area contributed by atoms with Crippen LogP contribution in [0.25, 0.3) is 10.9 Å². The first-order valence-electron chi connectivity index (χ1n) is 7.61. The smallest absolute Gasteiger partial charge is 0.341 e. The van der Waals surface area contributed by atoms with E-state index in [1.165, 1.54) is 4.57 Å². The van der Waals surface area contributed by atoms with Crippen molar-refractivity contribution in [1.29, 1.82) is 0 Å². The Balaban J connectivity index is 2.25. The van der Waals surface area contributed by atoms with Crippen LogP contribution in [0, 0.1) is 6.92 Å². The molecule has 0 saturated heterocycles. The second-order valence-electron chi connectivity index (χ2n) is 5.71. The molecular weight excluding hydrogens is 342 g/mol. The molecule has 0 fully saturated rings. The molecule has 0 amide bonds. The minimum Gasteiger partial charge on any atom is -0.497 e. The van der Waals surface area contributed by atoms with Crippen molar-refractivity contribution in [2.45, 2.75) is 13.5 Å². The predicted octanol–water partition coefficient (Wildman–Crippen LogP) is 3.72. The van der Waals surface area contributed by atoms with E-state index in [2.05, 4.69) is 0 Å². The molecule has 0 radical (unpaired) electrons. The maximum Gasteiger partial charge on any atom is 0.341 e. The summed E-state index contributed by atoms with van der Waals surface area (Å²) in [6.45, 7) is 1.88. The number of rotatable bonds is 4. The average Bonchev–Trinajstić information content (AvgIpc) is 2.59. The summed E-state index contributed by atoms with van der Waals surface area (Å²) < 4.78 is 6.59. The Labute approximate surface area is 149 Å². The number of carboxylic acids is 1. The summed E-state index contributed by atoms with van der Waals surface area (Å²) in [4.78, 5) is 24.4. The minimum atomic E-state index is -1.24. The van der Waals surface area contributed by atoms with Gasteiger partial charge in [0, 0.05) is 10.4 Å². The Morgan fingerprint density at radius 3 is 2.48 bits per heavy atom. The highest BCUT2D eigenvalue weighted by molar-refractivity contribution is 6.31. The van der Waals surface area contributed by atoms with Gasteiger partial charge in [-0.2, -0.15) is 0 Å². The van der Waals surface area contributed by atoms with Gasteiger partial charge in [0.2, 0.25) is 0 Å². The van der Waals surface area contributed by atoms with E-state index < -0.39 is 11.5 Å². The summed E-state index contributed by atoms with van der Waals surface area (Å²) in [6, 6.07) is 12.4. The molecule has 0 bridgehead atoms. The lowest BCUT2D eigenvalue weighted by Gasteiger charge is -2.15. The van der Waals surface area contributed by atoms with Gasteiger partial charge in [-0.3, -0.25) is 4.79 Å². The van der Waals surface area contributed by atoms with Crippen LogP contribution in [0.1, 0.15) is 21.5 Å². The third-order valence-corrected chi connectivity index (χ3v) is 4.44. The number of carboxylic acid groups (broad SMARTS) is 1. The van der Waals surface area contributed by atoms with Gasteiger partial charge in [0.15, 0.2) is 0 Å². The summed E-state index contributed by atoms with van der Waals surface area (Å²) in [5.74, 6) is -0.532. The van der Waals surface area contributed by atoms with E-state index in [1.54, 1.807) is 44.4 Å². The van der Waals surface area contributed by atoms with Gasteiger partial charge in [-0.05, 0) is 48.4 Å². The number of hydrogen-bond acceptors (Lipinski definition) is 3. The lowest BCUT2D eigenvalue weighted by atomic mass is 10.0. The van der Waals surface area contributed by atoms with Crippen LogP contribution in [-0.4, -0.2) is 22.8 Å². The maximum absolute atomic E-state index is 12.8. The van der Waals surface area contributed by atoms with Crippen molar-refractivity contribution in [2.24, 2.45) is 0 Å². The molecule has 0 atom stereocenters. The van der Waals surface area contributed by atoms with E-state index in [9.17, 15) is 14.7 Å². The Bertz CT molecular complexity index is 1020. The van der Waals surface area contributed by atoms with E-state index in [4.69, 9.17) is 16.3 Å². The number of benzene rings is 2. The van der Waals surface area contributed by atoms with Crippen LogP contribution >= 0.6 is 11.6 Å². The Morgan fingerprint density at radius 2 is 1.88 bits per heavy atom. The van der Waals surface area contributed by atoms with Gasteiger partial charge in [-0.25, -0.2) is 4.79 Å². The number of nitrogens with zero attached hydrogens (tertiary/aromatic N) is 1. The second kappa shape index (κ2) is 6.61. The van der Waals surface area contributed by atoms with Crippen molar-refractivity contribution in [1.82, 2.24) is 4.57 Å². The molecule has 0 aliphatic rings. The molecule has 0 aliphatic carbocycles. The van der Waals surface area contributed by atoms with Crippen LogP contribution in [0.3, 0.4) is 0 Å². The number of pyridine rings is 1. The van der Waals surface area contributed by atoms with Gasteiger partial charge < -0.3 is 14.4 Å². The van der Waals surface area contributed by atoms with E-state index in [1.807, 2.05) is 12.1 Å². The number of methoxy groups -OCH3 is 1. The maximum atomic E-state index is 12.8. The van der Waals surface area contributed by atoms with Gasteiger partial charge in [0.1, 0.15) is 11.3 Å². The minimum absolute atomic E-state index is 0.233. The van der Waals surface area contributed by atoms with Crippen molar-refractivity contribution < 1.29 is 14.6 Å². The zero-order valence-electron chi connectivity index (χ0n) is 13.7. The van der Waals surface area contributed by atoms with Gasteiger partial charge in [-0.15, -0.1) is 0 Å². The molecule has 1 N–H and O–H groups in total. The molecule has 3 rings (SSSR count). The normalized spacial score (nSPS) is 10.8. The quantitative estimate of drug-likeness (QED) is 0.772. The summed E-state index contributed by atoms with van der Waals surface area (Å²) in [7, 11) is 1.58. The molecule has 3 aromatic rings. The molecule has 1 heterocycles. The number of fused-ring (bicyclic) bond motifs is 1. The monoisotopic (exact) mass is 357 g/mol. The van der Waals surface area contributed by atoms with E-state index in [-0.39, 0.29) is 12.1 Å². The molecule has 0 saturated carbocycles. The Morgan fingerprint density at radius 1 is 1.20 bits per heavy atom. The molecule has 5 nitrogen and oxygen atoms in total. The second-order valence-corrected chi connectivity index (χ2v) is 6.14. The van der Waals surface area contributed by atoms with Crippen molar-refractivity contribution >= 4 is 28.5 Å². The Hall–Kier alpha value is -2.79. The van der Waals surface area contributed by atoms with E-state index >= 15 is 0 Å². The van der Waals surface area contributed by atoms with Gasteiger partial charge in [-0.1, -0.05) is 23.7 Å². The van der Waals surface area contributed by atoms with Crippen LogP contribution in [0.2, 0.25) is 5.02 Å². The number of carbonyl (C=O) groups is 1. The van der Waals surface area contributed by atoms with Crippen molar-refractivity contribution in [3.63, 3.8) is 0 Å². The van der Waals surface area contributed by atoms with Crippen LogP contribution in [-0.2, 0) is 6.54 Å². The third-order valence-electron chi connectivity index (χ3n) is 4.20. The topological polar surface area (TPSA) is 68.5 Å². The van der Waals surface area contributed by atoms with Gasteiger partial charge in [0.05, 0.1) is 19.2 Å². The first kappa shape index (κ1) is 17.0. The lowest BCUT2D eigenvalue weighted by Crippen LogP contribution is -2.28. The van der Waals surface area contributed by atoms with Crippen LogP contribution < -0.4 is 10.3 Å². The van der Waals surface area contributed by atoms with Crippen LogP contribution in [0.5, 0.6) is 5.75 Å². The van der Waals surface area contributed by atoms with Crippen molar-refractivity contribution in [2.75, 3.05) is 7.11 Å². The largest absolute Gasteiger partial charge is 0.497 e.